The van der Waals surface area contributed by atoms with E-state index in [1.807, 2.05) is 0 Å². The average Bonchev–Trinajstić information content (AvgIpc) is 1.82. The lowest BCUT2D eigenvalue weighted by atomic mass is 9.56. The van der Waals surface area contributed by atoms with E-state index in [2.05, 4.69) is 0 Å². The SMILES string of the molecule is C1C2CC3CC1CC(C2)C3.[Br-]. The zero-order chi connectivity index (χ0) is 6.55. The summed E-state index contributed by atoms with van der Waals surface area (Å²) in [5.41, 5.74) is 0. The molecular formula is C10H16Br-. The molecule has 0 saturated heterocycles. The molecule has 0 nitrogen and oxygen atoms in total. The van der Waals surface area contributed by atoms with Crippen LogP contribution in [-0.2, 0) is 0 Å². The Hall–Kier alpha value is 0.480. The minimum absolute atomic E-state index is 0. The third kappa shape index (κ3) is 1.26. The first kappa shape index (κ1) is 8.10. The fraction of sp³-hybridized carbons (Fsp3) is 1.00. The van der Waals surface area contributed by atoms with Crippen LogP contribution in [0.1, 0.15) is 38.5 Å². The van der Waals surface area contributed by atoms with Crippen molar-refractivity contribution in [3.8, 4) is 0 Å². The van der Waals surface area contributed by atoms with Gasteiger partial charge in [0.15, 0.2) is 0 Å². The summed E-state index contributed by atoms with van der Waals surface area (Å²) in [6.07, 6.45) is 9.62. The summed E-state index contributed by atoms with van der Waals surface area (Å²) in [5, 5.41) is 0. The largest absolute Gasteiger partial charge is 1.00 e. The van der Waals surface area contributed by atoms with Gasteiger partial charge in [-0.1, -0.05) is 0 Å². The van der Waals surface area contributed by atoms with Gasteiger partial charge in [0.25, 0.3) is 0 Å². The van der Waals surface area contributed by atoms with Gasteiger partial charge in [0.05, 0.1) is 0 Å². The molecule has 4 saturated carbocycles. The smallest absolute Gasteiger partial charge is 0.0406 e. The Balaban J connectivity index is 0.000000480. The molecule has 0 atom stereocenters. The molecule has 4 aliphatic rings. The maximum atomic E-state index is 1.60. The molecule has 1 heteroatoms. The Kier molecular flexibility index (Phi) is 2.03. The summed E-state index contributed by atoms with van der Waals surface area (Å²) in [6.45, 7) is 0. The summed E-state index contributed by atoms with van der Waals surface area (Å²) in [6, 6.07) is 0. The zero-order valence-corrected chi connectivity index (χ0v) is 8.52. The first-order chi connectivity index (χ1) is 4.90. The molecule has 4 bridgehead atoms. The number of rotatable bonds is 0. The highest BCUT2D eigenvalue weighted by Gasteiger charge is 2.41. The van der Waals surface area contributed by atoms with Crippen LogP contribution in [0, 0.1) is 23.7 Å². The molecule has 0 spiro atoms. The maximum Gasteiger partial charge on any atom is -0.0406 e. The normalized spacial score (nSPS) is 52.4. The lowest BCUT2D eigenvalue weighted by molar-refractivity contribution is -0.00000640. The topological polar surface area (TPSA) is 0 Å². The lowest BCUT2D eigenvalue weighted by Gasteiger charge is -2.49. The van der Waals surface area contributed by atoms with Crippen LogP contribution in [-0.4, -0.2) is 0 Å². The Bertz CT molecular complexity index is 96.4. The van der Waals surface area contributed by atoms with Crippen LogP contribution < -0.4 is 17.0 Å². The van der Waals surface area contributed by atoms with Crippen LogP contribution in [0.3, 0.4) is 0 Å². The minimum atomic E-state index is 0. The van der Waals surface area contributed by atoms with Gasteiger partial charge in [-0.2, -0.15) is 0 Å². The molecule has 0 radical (unpaired) electrons. The van der Waals surface area contributed by atoms with Crippen molar-refractivity contribution in [2.75, 3.05) is 0 Å². The van der Waals surface area contributed by atoms with Gasteiger partial charge in [-0.25, -0.2) is 0 Å². The van der Waals surface area contributed by atoms with Gasteiger partial charge in [-0.15, -0.1) is 0 Å². The van der Waals surface area contributed by atoms with Gasteiger partial charge in [0.1, 0.15) is 0 Å². The fourth-order valence-electron chi connectivity index (χ4n) is 3.98. The van der Waals surface area contributed by atoms with E-state index in [0.29, 0.717) is 0 Å². The second-order valence-corrected chi connectivity index (χ2v) is 4.88. The molecule has 0 aliphatic heterocycles. The van der Waals surface area contributed by atoms with E-state index < -0.39 is 0 Å². The van der Waals surface area contributed by atoms with Crippen molar-refractivity contribution in [1.82, 2.24) is 0 Å². The second kappa shape index (κ2) is 2.76. The highest BCUT2D eigenvalue weighted by Crippen LogP contribution is 2.53. The number of hydrogen-bond donors (Lipinski definition) is 0. The Labute approximate surface area is 79.5 Å². The minimum Gasteiger partial charge on any atom is -1.00 e. The summed E-state index contributed by atoms with van der Waals surface area (Å²) in [5.74, 6) is 4.71. The highest BCUT2D eigenvalue weighted by atomic mass is 79.9. The third-order valence-corrected chi connectivity index (χ3v) is 4.00. The van der Waals surface area contributed by atoms with Crippen molar-refractivity contribution in [1.29, 1.82) is 0 Å². The number of halogens is 1. The molecule has 4 fully saturated rings. The molecular weight excluding hydrogens is 200 g/mol. The van der Waals surface area contributed by atoms with Crippen molar-refractivity contribution in [2.24, 2.45) is 23.7 Å². The van der Waals surface area contributed by atoms with Gasteiger partial charge in [-0.3, -0.25) is 0 Å². The van der Waals surface area contributed by atoms with Gasteiger partial charge in [-0.05, 0) is 62.2 Å². The molecule has 0 aromatic carbocycles. The molecule has 0 aromatic heterocycles. The molecule has 0 aromatic rings. The van der Waals surface area contributed by atoms with Crippen molar-refractivity contribution < 1.29 is 17.0 Å². The summed E-state index contributed by atoms with van der Waals surface area (Å²) in [7, 11) is 0. The van der Waals surface area contributed by atoms with Crippen LogP contribution in [0.15, 0.2) is 0 Å². The Morgan fingerprint density at radius 2 is 0.636 bits per heavy atom. The van der Waals surface area contributed by atoms with Crippen molar-refractivity contribution in [3.05, 3.63) is 0 Å². The van der Waals surface area contributed by atoms with Gasteiger partial charge in [0, 0.05) is 0 Å². The zero-order valence-electron chi connectivity index (χ0n) is 6.93. The standard InChI is InChI=1S/C10H16.BrH/c1-7-2-9-4-8(1)5-10(3-7)6-9;/h7-10H,1-6H2;1H/p-1. The van der Waals surface area contributed by atoms with E-state index in [9.17, 15) is 0 Å². The second-order valence-electron chi connectivity index (χ2n) is 4.88. The van der Waals surface area contributed by atoms with Crippen molar-refractivity contribution in [2.45, 2.75) is 38.5 Å². The predicted molar refractivity (Wildman–Crippen MR) is 41.7 cm³/mol. The summed E-state index contributed by atoms with van der Waals surface area (Å²) >= 11 is 0. The molecule has 0 heterocycles. The van der Waals surface area contributed by atoms with Crippen LogP contribution in [0.2, 0.25) is 0 Å². The summed E-state index contributed by atoms with van der Waals surface area (Å²) < 4.78 is 0. The molecule has 0 N–H and O–H groups in total. The predicted octanol–water partition coefficient (Wildman–Crippen LogP) is -0.163. The van der Waals surface area contributed by atoms with E-state index in [0.717, 1.165) is 0 Å². The van der Waals surface area contributed by atoms with Gasteiger partial charge < -0.3 is 17.0 Å². The van der Waals surface area contributed by atoms with E-state index >= 15 is 0 Å². The molecule has 0 unspecified atom stereocenters. The Morgan fingerprint density at radius 3 is 0.818 bits per heavy atom. The lowest BCUT2D eigenvalue weighted by Crippen LogP contribution is -3.00. The number of hydrogen-bond acceptors (Lipinski definition) is 0. The third-order valence-electron chi connectivity index (χ3n) is 4.00. The summed E-state index contributed by atoms with van der Waals surface area (Å²) in [4.78, 5) is 0. The van der Waals surface area contributed by atoms with E-state index in [1.54, 1.807) is 38.5 Å². The van der Waals surface area contributed by atoms with Crippen LogP contribution in [0.5, 0.6) is 0 Å². The highest BCUT2D eigenvalue weighted by molar-refractivity contribution is 4.92. The first-order valence-electron chi connectivity index (χ1n) is 4.90. The maximum absolute atomic E-state index is 1.60. The molecule has 64 valence electrons. The molecule has 4 aliphatic carbocycles. The first-order valence-corrected chi connectivity index (χ1v) is 4.90. The molecule has 4 rings (SSSR count). The van der Waals surface area contributed by atoms with Crippen molar-refractivity contribution in [3.63, 3.8) is 0 Å². The van der Waals surface area contributed by atoms with E-state index in [1.165, 1.54) is 23.7 Å². The van der Waals surface area contributed by atoms with Gasteiger partial charge >= 0.3 is 0 Å². The monoisotopic (exact) mass is 215 g/mol. The van der Waals surface area contributed by atoms with E-state index in [-0.39, 0.29) is 17.0 Å². The van der Waals surface area contributed by atoms with Crippen LogP contribution in [0.25, 0.3) is 0 Å². The van der Waals surface area contributed by atoms with Crippen molar-refractivity contribution >= 4 is 0 Å². The average molecular weight is 216 g/mol. The fourth-order valence-corrected chi connectivity index (χ4v) is 3.98. The van der Waals surface area contributed by atoms with Crippen LogP contribution in [0.4, 0.5) is 0 Å². The molecule has 11 heavy (non-hydrogen) atoms. The van der Waals surface area contributed by atoms with E-state index in [4.69, 9.17) is 0 Å². The van der Waals surface area contributed by atoms with Gasteiger partial charge in [0.2, 0.25) is 0 Å². The quantitative estimate of drug-likeness (QED) is 0.527. The molecule has 0 amide bonds. The van der Waals surface area contributed by atoms with Crippen LogP contribution >= 0.6 is 0 Å². The Morgan fingerprint density at radius 1 is 0.455 bits per heavy atom.